The number of anilines is 1. The summed E-state index contributed by atoms with van der Waals surface area (Å²) in [4.78, 5) is 18.1. The number of rotatable bonds is 5. The highest BCUT2D eigenvalue weighted by Crippen LogP contribution is 2.45. The molecule has 0 bridgehead atoms. The minimum Gasteiger partial charge on any atom is -0.497 e. The summed E-state index contributed by atoms with van der Waals surface area (Å²) in [6, 6.07) is 15.9. The molecule has 2 heterocycles. The first-order valence-corrected chi connectivity index (χ1v) is 12.1. The third-order valence-corrected chi connectivity index (χ3v) is 7.25. The molecule has 5 rings (SSSR count). The van der Waals surface area contributed by atoms with Crippen molar-refractivity contribution in [3.8, 4) is 5.75 Å². The number of fused-ring (bicyclic) bond motifs is 1. The number of nitrogens with zero attached hydrogens (tertiary/aromatic N) is 3. The molecule has 0 amide bonds. The van der Waals surface area contributed by atoms with Crippen LogP contribution in [0.5, 0.6) is 5.75 Å². The molecule has 2 aliphatic rings. The predicted octanol–water partition coefficient (Wildman–Crippen LogP) is 5.55. The normalized spacial score (nSPS) is 19.0. The van der Waals surface area contributed by atoms with Crippen LogP contribution < -0.4 is 10.1 Å². The summed E-state index contributed by atoms with van der Waals surface area (Å²) in [5, 5.41) is 8.99. The number of ether oxygens (including phenoxy) is 1. The van der Waals surface area contributed by atoms with Gasteiger partial charge in [0, 0.05) is 23.4 Å². The summed E-state index contributed by atoms with van der Waals surface area (Å²) in [5.74, 6) is 2.44. The molecule has 3 aromatic rings. The van der Waals surface area contributed by atoms with Crippen molar-refractivity contribution in [1.82, 2.24) is 14.8 Å². The van der Waals surface area contributed by atoms with Gasteiger partial charge in [-0.25, -0.2) is 4.68 Å². The SMILES string of the molecule is COc1ccc([C@@H]2C3=C(CC(C)(C)CC3=O)Nc3nc(SCc4ccccc4C)nn32)cc1. The smallest absolute Gasteiger partial charge is 0.227 e. The predicted molar refractivity (Wildman–Crippen MR) is 131 cm³/mol. The average Bonchev–Trinajstić information content (AvgIpc) is 3.19. The highest BCUT2D eigenvalue weighted by Gasteiger charge is 2.41. The third-order valence-electron chi connectivity index (χ3n) is 6.36. The van der Waals surface area contributed by atoms with Gasteiger partial charge in [0.2, 0.25) is 11.1 Å². The van der Waals surface area contributed by atoms with Gasteiger partial charge in [-0.15, -0.1) is 5.10 Å². The summed E-state index contributed by atoms with van der Waals surface area (Å²) >= 11 is 1.61. The fraction of sp³-hybridized carbons (Fsp3) is 0.346. The van der Waals surface area contributed by atoms with Gasteiger partial charge < -0.3 is 10.1 Å². The van der Waals surface area contributed by atoms with Gasteiger partial charge in [0.05, 0.1) is 7.11 Å². The van der Waals surface area contributed by atoms with Gasteiger partial charge in [-0.05, 0) is 47.6 Å². The molecule has 6 nitrogen and oxygen atoms in total. The van der Waals surface area contributed by atoms with Crippen molar-refractivity contribution in [2.75, 3.05) is 12.4 Å². The standard InChI is InChI=1S/C26H28N4O2S/c1-16-7-5-6-8-18(16)15-33-25-28-24-27-20-13-26(2,3)14-21(31)22(20)23(30(24)29-25)17-9-11-19(32-4)12-10-17/h5-12,23H,13-15H2,1-4H3,(H,27,28,29)/t23-/m1/s1. The fourth-order valence-corrected chi connectivity index (χ4v) is 5.56. The average molecular weight is 461 g/mol. The summed E-state index contributed by atoms with van der Waals surface area (Å²) in [6.07, 6.45) is 1.33. The Labute approximate surface area is 198 Å². The quantitative estimate of drug-likeness (QED) is 0.504. The molecule has 0 spiro atoms. The number of hydrogen-bond donors (Lipinski definition) is 1. The van der Waals surface area contributed by atoms with Crippen LogP contribution in [0.15, 0.2) is 65.0 Å². The van der Waals surface area contributed by atoms with Gasteiger partial charge in [0.25, 0.3) is 0 Å². The molecule has 0 unspecified atom stereocenters. The van der Waals surface area contributed by atoms with Crippen LogP contribution in [0.1, 0.15) is 49.4 Å². The number of allylic oxidation sites excluding steroid dienone is 2. The molecule has 1 N–H and O–H groups in total. The van der Waals surface area contributed by atoms with E-state index in [0.29, 0.717) is 17.5 Å². The van der Waals surface area contributed by atoms with E-state index in [1.165, 1.54) is 11.1 Å². The number of carbonyl (C=O) groups is 1. The van der Waals surface area contributed by atoms with Crippen molar-refractivity contribution in [2.24, 2.45) is 5.41 Å². The van der Waals surface area contributed by atoms with Crippen molar-refractivity contribution in [2.45, 2.75) is 50.6 Å². The van der Waals surface area contributed by atoms with E-state index in [1.807, 2.05) is 28.9 Å². The lowest BCUT2D eigenvalue weighted by Crippen LogP contribution is -2.36. The Kier molecular flexibility index (Phi) is 5.52. The van der Waals surface area contributed by atoms with Crippen molar-refractivity contribution in [1.29, 1.82) is 0 Å². The zero-order valence-corrected chi connectivity index (χ0v) is 20.2. The molecule has 33 heavy (non-hydrogen) atoms. The number of thioether (sulfide) groups is 1. The van der Waals surface area contributed by atoms with Gasteiger partial charge in [0.15, 0.2) is 5.78 Å². The van der Waals surface area contributed by atoms with Crippen molar-refractivity contribution in [3.05, 3.63) is 76.5 Å². The minimum absolute atomic E-state index is 0.0853. The van der Waals surface area contributed by atoms with Crippen LogP contribution in [0.4, 0.5) is 5.95 Å². The first-order valence-electron chi connectivity index (χ1n) is 11.2. The molecule has 1 atom stereocenters. The Morgan fingerprint density at radius 2 is 1.91 bits per heavy atom. The second-order valence-electron chi connectivity index (χ2n) is 9.51. The van der Waals surface area contributed by atoms with Crippen molar-refractivity contribution < 1.29 is 9.53 Å². The summed E-state index contributed by atoms with van der Waals surface area (Å²) in [6.45, 7) is 6.40. The van der Waals surface area contributed by atoms with Crippen LogP contribution >= 0.6 is 11.8 Å². The maximum atomic E-state index is 13.3. The van der Waals surface area contributed by atoms with Gasteiger partial charge in [-0.2, -0.15) is 4.98 Å². The molecule has 0 saturated carbocycles. The number of carbonyl (C=O) groups excluding carboxylic acids is 1. The molecular formula is C26H28N4O2S. The van der Waals surface area contributed by atoms with Gasteiger partial charge in [0.1, 0.15) is 11.8 Å². The number of methoxy groups -OCH3 is 1. The Hall–Kier alpha value is -3.06. The molecule has 1 aliphatic heterocycles. The van der Waals surface area contributed by atoms with Crippen LogP contribution in [-0.4, -0.2) is 27.7 Å². The van der Waals surface area contributed by atoms with E-state index in [2.05, 4.69) is 50.4 Å². The van der Waals surface area contributed by atoms with Crippen molar-refractivity contribution >= 4 is 23.5 Å². The van der Waals surface area contributed by atoms with E-state index < -0.39 is 0 Å². The van der Waals surface area contributed by atoms with Gasteiger partial charge in [-0.3, -0.25) is 4.79 Å². The van der Waals surface area contributed by atoms with Gasteiger partial charge >= 0.3 is 0 Å². The molecule has 1 aliphatic carbocycles. The number of benzene rings is 2. The van der Waals surface area contributed by atoms with Crippen LogP contribution in [0.3, 0.4) is 0 Å². The second kappa shape index (κ2) is 8.37. The first-order chi connectivity index (χ1) is 15.8. The lowest BCUT2D eigenvalue weighted by molar-refractivity contribution is -0.118. The zero-order chi connectivity index (χ0) is 23.2. The maximum Gasteiger partial charge on any atom is 0.227 e. The van der Waals surface area contributed by atoms with Crippen LogP contribution in [0.25, 0.3) is 0 Å². The maximum absolute atomic E-state index is 13.3. The number of ketones is 1. The molecule has 0 fully saturated rings. The number of aromatic nitrogens is 3. The molecule has 1 aromatic heterocycles. The number of Topliss-reactive ketones (excluding diaryl/α,β-unsaturated/α-hetero) is 1. The Morgan fingerprint density at radius 3 is 2.64 bits per heavy atom. The van der Waals surface area contributed by atoms with E-state index in [0.717, 1.165) is 34.8 Å². The van der Waals surface area contributed by atoms with Crippen molar-refractivity contribution in [3.63, 3.8) is 0 Å². The molecule has 0 saturated heterocycles. The third kappa shape index (κ3) is 4.17. The molecular weight excluding hydrogens is 432 g/mol. The van der Waals surface area contributed by atoms with Crippen LogP contribution in [-0.2, 0) is 10.5 Å². The van der Waals surface area contributed by atoms with Crippen LogP contribution in [0.2, 0.25) is 0 Å². The summed E-state index contributed by atoms with van der Waals surface area (Å²) in [7, 11) is 1.65. The molecule has 2 aromatic carbocycles. The minimum atomic E-state index is -0.300. The Bertz CT molecular complexity index is 1240. The van der Waals surface area contributed by atoms with Gasteiger partial charge in [-0.1, -0.05) is 62.0 Å². The summed E-state index contributed by atoms with van der Waals surface area (Å²) in [5.41, 5.74) is 5.20. The Morgan fingerprint density at radius 1 is 1.15 bits per heavy atom. The summed E-state index contributed by atoms with van der Waals surface area (Å²) < 4.78 is 7.21. The monoisotopic (exact) mass is 460 g/mol. The zero-order valence-electron chi connectivity index (χ0n) is 19.4. The number of aryl methyl sites for hydroxylation is 1. The highest BCUT2D eigenvalue weighted by molar-refractivity contribution is 7.98. The lowest BCUT2D eigenvalue weighted by Gasteiger charge is -2.38. The molecule has 170 valence electrons. The molecule has 0 radical (unpaired) electrons. The number of hydrogen-bond acceptors (Lipinski definition) is 6. The molecule has 7 heteroatoms. The van der Waals surface area contributed by atoms with E-state index in [9.17, 15) is 4.79 Å². The topological polar surface area (TPSA) is 69.0 Å². The van der Waals surface area contributed by atoms with E-state index in [4.69, 9.17) is 14.8 Å². The first kappa shape index (κ1) is 21.8. The highest BCUT2D eigenvalue weighted by atomic mass is 32.2. The number of nitrogens with one attached hydrogen (secondary N) is 1. The lowest BCUT2D eigenvalue weighted by atomic mass is 9.73. The second-order valence-corrected chi connectivity index (χ2v) is 10.5. The largest absolute Gasteiger partial charge is 0.497 e. The van der Waals surface area contributed by atoms with Crippen LogP contribution in [0, 0.1) is 12.3 Å². The fourth-order valence-electron chi connectivity index (χ4n) is 4.66. The van der Waals surface area contributed by atoms with E-state index >= 15 is 0 Å². The van der Waals surface area contributed by atoms with E-state index in [1.54, 1.807) is 18.9 Å². The van der Waals surface area contributed by atoms with E-state index in [-0.39, 0.29) is 17.2 Å². The Balaban J connectivity index is 1.53.